The van der Waals surface area contributed by atoms with Crippen molar-refractivity contribution < 1.29 is 18.8 Å². The zero-order valence-electron chi connectivity index (χ0n) is 14.0. The Kier molecular flexibility index (Phi) is 6.68. The van der Waals surface area contributed by atoms with E-state index in [1.165, 1.54) is 24.1 Å². The fourth-order valence-electron chi connectivity index (χ4n) is 2.03. The third kappa shape index (κ3) is 5.86. The van der Waals surface area contributed by atoms with Crippen LogP contribution in [-0.2, 0) is 9.59 Å². The maximum atomic E-state index is 12.8. The molecule has 6 nitrogen and oxygen atoms in total. The minimum Gasteiger partial charge on any atom is -0.343 e. The highest BCUT2D eigenvalue weighted by Gasteiger charge is 2.15. The van der Waals surface area contributed by atoms with Gasteiger partial charge in [0.1, 0.15) is 5.82 Å². The lowest BCUT2D eigenvalue weighted by Gasteiger charge is -2.17. The van der Waals surface area contributed by atoms with Crippen molar-refractivity contribution in [1.82, 2.24) is 10.2 Å². The molecule has 0 saturated heterocycles. The van der Waals surface area contributed by atoms with E-state index in [1.54, 1.807) is 24.3 Å². The average molecular weight is 378 g/mol. The molecular weight excluding hydrogens is 361 g/mol. The van der Waals surface area contributed by atoms with Crippen LogP contribution in [0.5, 0.6) is 0 Å². The van der Waals surface area contributed by atoms with Gasteiger partial charge >= 0.3 is 0 Å². The van der Waals surface area contributed by atoms with Gasteiger partial charge in [0.2, 0.25) is 11.8 Å². The number of rotatable bonds is 6. The standard InChI is InChI=1S/C18H17ClFN3O3/c1-23(11-16(24)22-15-8-4-13(19)5-9-15)17(25)10-21-18(26)12-2-6-14(20)7-3-12/h2-9H,10-11H2,1H3,(H,21,26)(H,22,24). The van der Waals surface area contributed by atoms with Crippen molar-refractivity contribution >= 4 is 35.0 Å². The van der Waals surface area contributed by atoms with E-state index in [0.717, 1.165) is 12.1 Å². The fraction of sp³-hybridized carbons (Fsp3) is 0.167. The first kappa shape index (κ1) is 19.4. The van der Waals surface area contributed by atoms with Crippen LogP contribution >= 0.6 is 11.6 Å². The second-order valence-corrected chi connectivity index (χ2v) is 5.93. The summed E-state index contributed by atoms with van der Waals surface area (Å²) >= 11 is 5.77. The maximum Gasteiger partial charge on any atom is 0.251 e. The van der Waals surface area contributed by atoms with Gasteiger partial charge in [0.25, 0.3) is 5.91 Å². The predicted octanol–water partition coefficient (Wildman–Crippen LogP) is 2.31. The van der Waals surface area contributed by atoms with Crippen molar-refractivity contribution in [1.29, 1.82) is 0 Å². The molecule has 0 atom stereocenters. The highest BCUT2D eigenvalue weighted by atomic mass is 35.5. The molecule has 0 bridgehead atoms. The molecule has 136 valence electrons. The number of hydrogen-bond acceptors (Lipinski definition) is 3. The molecular formula is C18H17ClFN3O3. The van der Waals surface area contributed by atoms with Crippen LogP contribution in [0, 0.1) is 5.82 Å². The monoisotopic (exact) mass is 377 g/mol. The second kappa shape index (κ2) is 8.96. The number of hydrogen-bond donors (Lipinski definition) is 2. The first-order valence-electron chi connectivity index (χ1n) is 7.68. The number of nitrogens with one attached hydrogen (secondary N) is 2. The summed E-state index contributed by atoms with van der Waals surface area (Å²) in [5.41, 5.74) is 0.798. The Hall–Kier alpha value is -2.93. The molecule has 3 amide bonds. The van der Waals surface area contributed by atoms with Crippen molar-refractivity contribution in [2.45, 2.75) is 0 Å². The molecule has 0 heterocycles. The van der Waals surface area contributed by atoms with Crippen molar-refractivity contribution in [3.05, 3.63) is 64.9 Å². The first-order valence-corrected chi connectivity index (χ1v) is 8.06. The normalized spacial score (nSPS) is 10.1. The lowest BCUT2D eigenvalue weighted by atomic mass is 10.2. The number of benzene rings is 2. The van der Waals surface area contributed by atoms with Crippen LogP contribution in [0.1, 0.15) is 10.4 Å². The molecule has 26 heavy (non-hydrogen) atoms. The number of amides is 3. The topological polar surface area (TPSA) is 78.5 Å². The number of anilines is 1. The molecule has 2 aromatic carbocycles. The highest BCUT2D eigenvalue weighted by molar-refractivity contribution is 6.30. The Balaban J connectivity index is 1.79. The van der Waals surface area contributed by atoms with Crippen molar-refractivity contribution in [2.24, 2.45) is 0 Å². The number of nitrogens with zero attached hydrogens (tertiary/aromatic N) is 1. The summed E-state index contributed by atoms with van der Waals surface area (Å²) in [6.45, 7) is -0.450. The fourth-order valence-corrected chi connectivity index (χ4v) is 2.16. The smallest absolute Gasteiger partial charge is 0.251 e. The van der Waals surface area contributed by atoms with E-state index in [4.69, 9.17) is 11.6 Å². The molecule has 2 N–H and O–H groups in total. The van der Waals surface area contributed by atoms with E-state index in [2.05, 4.69) is 10.6 Å². The summed E-state index contributed by atoms with van der Waals surface area (Å²) in [6, 6.07) is 11.5. The summed E-state index contributed by atoms with van der Waals surface area (Å²) in [4.78, 5) is 37.0. The molecule has 2 rings (SSSR count). The lowest BCUT2D eigenvalue weighted by Crippen LogP contribution is -2.41. The summed E-state index contributed by atoms with van der Waals surface area (Å²) in [7, 11) is 1.45. The molecule has 0 radical (unpaired) electrons. The van der Waals surface area contributed by atoms with E-state index in [1.807, 2.05) is 0 Å². The number of halogens is 2. The van der Waals surface area contributed by atoms with Gasteiger partial charge in [0.05, 0.1) is 13.1 Å². The summed E-state index contributed by atoms with van der Waals surface area (Å²) in [6.07, 6.45) is 0. The van der Waals surface area contributed by atoms with Crippen LogP contribution in [0.2, 0.25) is 5.02 Å². The molecule has 0 aliphatic carbocycles. The van der Waals surface area contributed by atoms with Gasteiger partial charge in [-0.05, 0) is 48.5 Å². The number of carbonyl (C=O) groups is 3. The highest BCUT2D eigenvalue weighted by Crippen LogP contribution is 2.13. The Morgan fingerprint density at radius 3 is 2.27 bits per heavy atom. The third-order valence-corrected chi connectivity index (χ3v) is 3.69. The quantitative estimate of drug-likeness (QED) is 0.810. The molecule has 0 saturated carbocycles. The van der Waals surface area contributed by atoms with E-state index >= 15 is 0 Å². The zero-order valence-corrected chi connectivity index (χ0v) is 14.7. The van der Waals surface area contributed by atoms with Crippen LogP contribution in [0.3, 0.4) is 0 Å². The van der Waals surface area contributed by atoms with E-state index in [-0.39, 0.29) is 24.6 Å². The molecule has 0 aliphatic rings. The van der Waals surface area contributed by atoms with Crippen LogP contribution < -0.4 is 10.6 Å². The Morgan fingerprint density at radius 2 is 1.65 bits per heavy atom. The molecule has 0 aromatic heterocycles. The molecule has 0 aliphatic heterocycles. The molecule has 0 spiro atoms. The van der Waals surface area contributed by atoms with Crippen LogP contribution in [0.15, 0.2) is 48.5 Å². The van der Waals surface area contributed by atoms with Crippen LogP contribution in [0.4, 0.5) is 10.1 Å². The van der Waals surface area contributed by atoms with Crippen LogP contribution in [-0.4, -0.2) is 42.8 Å². The minimum atomic E-state index is -0.502. The Bertz CT molecular complexity index is 794. The second-order valence-electron chi connectivity index (χ2n) is 5.49. The van der Waals surface area contributed by atoms with E-state index in [9.17, 15) is 18.8 Å². The van der Waals surface area contributed by atoms with Crippen molar-refractivity contribution in [3.63, 3.8) is 0 Å². The largest absolute Gasteiger partial charge is 0.343 e. The zero-order chi connectivity index (χ0) is 19.1. The summed E-state index contributed by atoms with van der Waals surface area (Å²) in [5, 5.41) is 5.61. The molecule has 2 aromatic rings. The van der Waals surface area contributed by atoms with Crippen molar-refractivity contribution in [3.8, 4) is 0 Å². The van der Waals surface area contributed by atoms with Gasteiger partial charge in [-0.3, -0.25) is 14.4 Å². The Labute approximate surface area is 154 Å². The SMILES string of the molecule is CN(CC(=O)Nc1ccc(Cl)cc1)C(=O)CNC(=O)c1ccc(F)cc1. The summed E-state index contributed by atoms with van der Waals surface area (Å²) in [5.74, 6) is -1.78. The van der Waals surface area contributed by atoms with Gasteiger partial charge in [-0.25, -0.2) is 4.39 Å². The van der Waals surface area contributed by atoms with Crippen LogP contribution in [0.25, 0.3) is 0 Å². The van der Waals surface area contributed by atoms with Gasteiger partial charge in [-0.2, -0.15) is 0 Å². The summed E-state index contributed by atoms with van der Waals surface area (Å²) < 4.78 is 12.8. The molecule has 8 heteroatoms. The van der Waals surface area contributed by atoms with Gasteiger partial charge in [-0.1, -0.05) is 11.6 Å². The average Bonchev–Trinajstić information content (AvgIpc) is 2.61. The van der Waals surface area contributed by atoms with Gasteiger partial charge in [0, 0.05) is 23.3 Å². The lowest BCUT2D eigenvalue weighted by molar-refractivity contribution is -0.132. The Morgan fingerprint density at radius 1 is 1.04 bits per heavy atom. The van der Waals surface area contributed by atoms with E-state index < -0.39 is 17.6 Å². The van der Waals surface area contributed by atoms with E-state index in [0.29, 0.717) is 10.7 Å². The number of likely N-dealkylation sites (N-methyl/N-ethyl adjacent to an activating group) is 1. The minimum absolute atomic E-state index is 0.173. The predicted molar refractivity (Wildman–Crippen MR) is 96.5 cm³/mol. The van der Waals surface area contributed by atoms with Gasteiger partial charge in [-0.15, -0.1) is 0 Å². The van der Waals surface area contributed by atoms with Gasteiger partial charge in [0.15, 0.2) is 0 Å². The number of carbonyl (C=O) groups excluding carboxylic acids is 3. The first-order chi connectivity index (χ1) is 12.3. The maximum absolute atomic E-state index is 12.8. The van der Waals surface area contributed by atoms with Crippen molar-refractivity contribution in [2.75, 3.05) is 25.5 Å². The molecule has 0 unspecified atom stereocenters. The third-order valence-electron chi connectivity index (χ3n) is 3.44. The molecule has 0 fully saturated rings. The van der Waals surface area contributed by atoms with Gasteiger partial charge < -0.3 is 15.5 Å².